The third-order valence-electron chi connectivity index (χ3n) is 2.33. The van der Waals surface area contributed by atoms with Crippen molar-refractivity contribution < 1.29 is 14.3 Å². The van der Waals surface area contributed by atoms with E-state index in [1.165, 1.54) is 6.07 Å². The molecule has 0 heterocycles. The number of carboxylic acid groups (broad SMARTS) is 1. The molecule has 1 aromatic rings. The van der Waals surface area contributed by atoms with E-state index in [0.29, 0.717) is 30.1 Å². The van der Waals surface area contributed by atoms with Gasteiger partial charge in [0.15, 0.2) is 0 Å². The van der Waals surface area contributed by atoms with E-state index >= 15 is 0 Å². The van der Waals surface area contributed by atoms with E-state index in [1.807, 2.05) is 0 Å². The average molecular weight is 260 g/mol. The van der Waals surface area contributed by atoms with Gasteiger partial charge in [0.05, 0.1) is 0 Å². The van der Waals surface area contributed by atoms with Crippen molar-refractivity contribution in [2.45, 2.75) is 26.3 Å². The predicted octanol–water partition coefficient (Wildman–Crippen LogP) is 2.74. The van der Waals surface area contributed by atoms with Crippen LogP contribution in [-0.2, 0) is 11.3 Å². The van der Waals surface area contributed by atoms with Crippen molar-refractivity contribution in [3.05, 3.63) is 34.1 Å². The van der Waals surface area contributed by atoms with Crippen LogP contribution in [0.3, 0.4) is 0 Å². The Hall–Kier alpha value is -1.13. The van der Waals surface area contributed by atoms with Crippen molar-refractivity contribution in [3.8, 4) is 0 Å². The zero-order valence-electron chi connectivity index (χ0n) is 9.59. The van der Waals surface area contributed by atoms with Crippen LogP contribution in [0.4, 0.5) is 4.39 Å². The molecule has 0 aliphatic rings. The van der Waals surface area contributed by atoms with Crippen LogP contribution in [-0.4, -0.2) is 17.6 Å². The molecule has 2 N–H and O–H groups in total. The molecule has 0 spiro atoms. The van der Waals surface area contributed by atoms with E-state index in [0.717, 1.165) is 5.56 Å². The summed E-state index contributed by atoms with van der Waals surface area (Å²) < 4.78 is 13.5. The van der Waals surface area contributed by atoms with Crippen molar-refractivity contribution >= 4 is 17.6 Å². The van der Waals surface area contributed by atoms with Crippen molar-refractivity contribution in [3.63, 3.8) is 0 Å². The molecule has 0 bridgehead atoms. The molecule has 0 radical (unpaired) electrons. The largest absolute Gasteiger partial charge is 0.481 e. The molecule has 0 unspecified atom stereocenters. The minimum Gasteiger partial charge on any atom is -0.481 e. The van der Waals surface area contributed by atoms with Gasteiger partial charge >= 0.3 is 5.97 Å². The Kier molecular flexibility index (Phi) is 5.38. The number of hydrogen-bond donors (Lipinski definition) is 2. The minimum atomic E-state index is -0.827. The third kappa shape index (κ3) is 4.71. The van der Waals surface area contributed by atoms with Crippen LogP contribution in [0.25, 0.3) is 0 Å². The Bertz CT molecular complexity index is 386. The summed E-state index contributed by atoms with van der Waals surface area (Å²) in [7, 11) is 0. The zero-order chi connectivity index (χ0) is 12.8. The topological polar surface area (TPSA) is 49.3 Å². The Balaban J connectivity index is 2.44. The number of carboxylic acids is 1. The van der Waals surface area contributed by atoms with E-state index in [2.05, 4.69) is 5.32 Å². The molecule has 0 aliphatic carbocycles. The first-order valence-corrected chi connectivity index (χ1v) is 5.75. The van der Waals surface area contributed by atoms with Crippen LogP contribution in [0.2, 0.25) is 5.02 Å². The summed E-state index contributed by atoms with van der Waals surface area (Å²) in [6.07, 6.45) is 0.623. The van der Waals surface area contributed by atoms with Crippen LogP contribution in [0.1, 0.15) is 24.0 Å². The highest BCUT2D eigenvalue weighted by Gasteiger charge is 2.07. The fourth-order valence-electron chi connectivity index (χ4n) is 1.48. The summed E-state index contributed by atoms with van der Waals surface area (Å²) in [4.78, 5) is 10.3. The summed E-state index contributed by atoms with van der Waals surface area (Å²) in [5.41, 5.74) is 1.20. The summed E-state index contributed by atoms with van der Waals surface area (Å²) in [5.74, 6) is -1.16. The fourth-order valence-corrected chi connectivity index (χ4v) is 1.81. The number of benzene rings is 1. The van der Waals surface area contributed by atoms with E-state index in [-0.39, 0.29) is 12.2 Å². The van der Waals surface area contributed by atoms with Gasteiger partial charge in [-0.15, -0.1) is 0 Å². The number of hydrogen-bond acceptors (Lipinski definition) is 2. The van der Waals surface area contributed by atoms with Gasteiger partial charge in [-0.2, -0.15) is 0 Å². The zero-order valence-corrected chi connectivity index (χ0v) is 10.4. The second kappa shape index (κ2) is 6.57. The van der Waals surface area contributed by atoms with E-state index in [9.17, 15) is 9.18 Å². The first-order valence-electron chi connectivity index (χ1n) is 5.37. The smallest absolute Gasteiger partial charge is 0.303 e. The SMILES string of the molecule is Cc1cc(F)c(CNCCCC(=O)O)c(Cl)c1. The van der Waals surface area contributed by atoms with Gasteiger partial charge in [-0.25, -0.2) is 4.39 Å². The molecule has 5 heteroatoms. The highest BCUT2D eigenvalue weighted by atomic mass is 35.5. The van der Waals surface area contributed by atoms with Gasteiger partial charge in [-0.1, -0.05) is 11.6 Å². The monoisotopic (exact) mass is 259 g/mol. The van der Waals surface area contributed by atoms with Crippen molar-refractivity contribution in [1.29, 1.82) is 0 Å². The van der Waals surface area contributed by atoms with Gasteiger partial charge in [-0.05, 0) is 37.6 Å². The van der Waals surface area contributed by atoms with Crippen LogP contribution in [0.5, 0.6) is 0 Å². The molecule has 0 amide bonds. The van der Waals surface area contributed by atoms with Crippen molar-refractivity contribution in [1.82, 2.24) is 5.32 Å². The molecule has 1 rings (SSSR count). The van der Waals surface area contributed by atoms with Gasteiger partial charge < -0.3 is 10.4 Å². The highest BCUT2D eigenvalue weighted by molar-refractivity contribution is 6.31. The number of nitrogens with one attached hydrogen (secondary N) is 1. The Morgan fingerprint density at radius 3 is 2.82 bits per heavy atom. The van der Waals surface area contributed by atoms with E-state index in [1.54, 1.807) is 13.0 Å². The average Bonchev–Trinajstić information content (AvgIpc) is 2.20. The van der Waals surface area contributed by atoms with Crippen molar-refractivity contribution in [2.75, 3.05) is 6.54 Å². The van der Waals surface area contributed by atoms with Gasteiger partial charge in [0, 0.05) is 23.6 Å². The number of carbonyl (C=O) groups is 1. The predicted molar refractivity (Wildman–Crippen MR) is 64.7 cm³/mol. The first-order chi connectivity index (χ1) is 8.00. The van der Waals surface area contributed by atoms with Crippen LogP contribution in [0.15, 0.2) is 12.1 Å². The van der Waals surface area contributed by atoms with Crippen LogP contribution < -0.4 is 5.32 Å². The molecule has 0 aliphatic heterocycles. The lowest BCUT2D eigenvalue weighted by atomic mass is 10.1. The summed E-state index contributed by atoms with van der Waals surface area (Å²) in [6.45, 7) is 2.61. The molecule has 0 saturated carbocycles. The van der Waals surface area contributed by atoms with Crippen LogP contribution >= 0.6 is 11.6 Å². The van der Waals surface area contributed by atoms with Crippen molar-refractivity contribution in [2.24, 2.45) is 0 Å². The standard InChI is InChI=1S/C12H15ClFNO2/c1-8-5-10(13)9(11(14)6-8)7-15-4-2-3-12(16)17/h5-6,15H,2-4,7H2,1H3,(H,16,17). The molecule has 0 fully saturated rings. The number of rotatable bonds is 6. The number of aryl methyl sites for hydroxylation is 1. The quantitative estimate of drug-likeness (QED) is 0.773. The van der Waals surface area contributed by atoms with E-state index < -0.39 is 5.97 Å². The lowest BCUT2D eigenvalue weighted by Gasteiger charge is -2.08. The lowest BCUT2D eigenvalue weighted by Crippen LogP contribution is -2.17. The first kappa shape index (κ1) is 13.9. The molecular weight excluding hydrogens is 245 g/mol. The number of aliphatic carboxylic acids is 1. The minimum absolute atomic E-state index is 0.108. The molecule has 1 aromatic carbocycles. The molecule has 3 nitrogen and oxygen atoms in total. The summed E-state index contributed by atoms with van der Waals surface area (Å²) in [5, 5.41) is 11.8. The second-order valence-electron chi connectivity index (χ2n) is 3.88. The second-order valence-corrected chi connectivity index (χ2v) is 4.29. The van der Waals surface area contributed by atoms with E-state index in [4.69, 9.17) is 16.7 Å². The van der Waals surface area contributed by atoms with Gasteiger partial charge in [-0.3, -0.25) is 4.79 Å². The molecular formula is C12H15ClFNO2. The maximum atomic E-state index is 13.5. The van der Waals surface area contributed by atoms with Crippen LogP contribution in [0, 0.1) is 12.7 Å². The maximum Gasteiger partial charge on any atom is 0.303 e. The highest BCUT2D eigenvalue weighted by Crippen LogP contribution is 2.21. The normalized spacial score (nSPS) is 10.5. The fraction of sp³-hybridized carbons (Fsp3) is 0.417. The van der Waals surface area contributed by atoms with Gasteiger partial charge in [0.2, 0.25) is 0 Å². The lowest BCUT2D eigenvalue weighted by molar-refractivity contribution is -0.137. The van der Waals surface area contributed by atoms with Gasteiger partial charge in [0.25, 0.3) is 0 Å². The molecule has 0 saturated heterocycles. The summed E-state index contributed by atoms with van der Waals surface area (Å²) >= 11 is 5.92. The Labute approximate surface area is 105 Å². The molecule has 0 aromatic heterocycles. The number of halogens is 2. The molecule has 94 valence electrons. The summed E-state index contributed by atoms with van der Waals surface area (Å²) in [6, 6.07) is 3.14. The Morgan fingerprint density at radius 2 is 2.24 bits per heavy atom. The maximum absolute atomic E-state index is 13.5. The molecule has 17 heavy (non-hydrogen) atoms. The third-order valence-corrected chi connectivity index (χ3v) is 2.67. The Morgan fingerprint density at radius 1 is 1.53 bits per heavy atom. The molecule has 0 atom stereocenters. The van der Waals surface area contributed by atoms with Gasteiger partial charge in [0.1, 0.15) is 5.82 Å².